The van der Waals surface area contributed by atoms with Crippen LogP contribution in [0.25, 0.3) is 0 Å². The number of carbonyl (C=O) groups excluding carboxylic acids is 5. The van der Waals surface area contributed by atoms with Crippen LogP contribution in [0.3, 0.4) is 0 Å². The summed E-state index contributed by atoms with van der Waals surface area (Å²) in [7, 11) is 0. The van der Waals surface area contributed by atoms with E-state index in [0.717, 1.165) is 17.2 Å². The molecule has 0 bridgehead atoms. The van der Waals surface area contributed by atoms with E-state index in [1.807, 2.05) is 0 Å². The number of rotatable bonds is 5. The summed E-state index contributed by atoms with van der Waals surface area (Å²) in [6, 6.07) is 5.61. The van der Waals surface area contributed by atoms with Crippen LogP contribution in [0.5, 0.6) is 5.75 Å². The predicted molar refractivity (Wildman–Crippen MR) is 101 cm³/mol. The molecule has 10 nitrogen and oxygen atoms in total. The zero-order valence-corrected chi connectivity index (χ0v) is 15.9. The van der Waals surface area contributed by atoms with Crippen LogP contribution in [0.15, 0.2) is 36.5 Å². The van der Waals surface area contributed by atoms with E-state index in [4.69, 9.17) is 4.74 Å². The monoisotopic (exact) mass is 426 g/mol. The maximum Gasteiger partial charge on any atom is 0.264 e. The van der Waals surface area contributed by atoms with Gasteiger partial charge in [0.05, 0.1) is 23.0 Å². The molecule has 5 amide bonds. The molecule has 11 heteroatoms. The van der Waals surface area contributed by atoms with Crippen LogP contribution in [0.2, 0.25) is 0 Å². The highest BCUT2D eigenvalue weighted by molar-refractivity contribution is 6.26. The summed E-state index contributed by atoms with van der Waals surface area (Å²) < 4.78 is 18.0. The quantitative estimate of drug-likeness (QED) is 0.529. The molecule has 0 saturated carbocycles. The molecular weight excluding hydrogens is 411 g/mol. The number of hydrogen-bond acceptors (Lipinski definition) is 7. The van der Waals surface area contributed by atoms with Crippen LogP contribution in [0.4, 0.5) is 10.1 Å². The Morgan fingerprint density at radius 2 is 2.00 bits per heavy atom. The maximum absolute atomic E-state index is 13.0. The molecule has 1 unspecified atom stereocenters. The number of fused-ring (bicyclic) bond motifs is 1. The van der Waals surface area contributed by atoms with Gasteiger partial charge >= 0.3 is 0 Å². The smallest absolute Gasteiger partial charge is 0.264 e. The minimum absolute atomic E-state index is 0.00296. The van der Waals surface area contributed by atoms with Crippen LogP contribution >= 0.6 is 0 Å². The first-order chi connectivity index (χ1) is 14.8. The van der Waals surface area contributed by atoms with Gasteiger partial charge in [0.2, 0.25) is 17.8 Å². The average molecular weight is 426 g/mol. The Bertz CT molecular complexity index is 1120. The summed E-state index contributed by atoms with van der Waals surface area (Å²) in [5.41, 5.74) is 0.0710. The molecule has 0 radical (unpaired) electrons. The zero-order valence-electron chi connectivity index (χ0n) is 15.9. The molecule has 0 spiro atoms. The molecule has 4 rings (SSSR count). The summed E-state index contributed by atoms with van der Waals surface area (Å²) >= 11 is 0. The molecule has 2 N–H and O–H groups in total. The highest BCUT2D eigenvalue weighted by Crippen LogP contribution is 2.32. The topological polar surface area (TPSA) is 135 Å². The molecular formula is C20H15FN4O6. The van der Waals surface area contributed by atoms with Crippen molar-refractivity contribution in [1.82, 2.24) is 15.2 Å². The molecule has 31 heavy (non-hydrogen) atoms. The predicted octanol–water partition coefficient (Wildman–Crippen LogP) is 0.639. The number of carbonyl (C=O) groups is 5. The summed E-state index contributed by atoms with van der Waals surface area (Å²) in [6.45, 7) is -0.448. The number of nitrogens with one attached hydrogen (secondary N) is 2. The molecule has 158 valence electrons. The van der Waals surface area contributed by atoms with Gasteiger partial charge in [0.15, 0.2) is 6.61 Å². The van der Waals surface area contributed by atoms with Crippen molar-refractivity contribution in [3.63, 3.8) is 0 Å². The second-order valence-corrected chi connectivity index (χ2v) is 6.83. The van der Waals surface area contributed by atoms with E-state index in [1.165, 1.54) is 24.3 Å². The Hall–Kier alpha value is -4.15. The Balaban J connectivity index is 1.50. The van der Waals surface area contributed by atoms with E-state index in [1.54, 1.807) is 0 Å². The van der Waals surface area contributed by atoms with Crippen LogP contribution in [-0.2, 0) is 14.4 Å². The maximum atomic E-state index is 13.0. The third kappa shape index (κ3) is 3.84. The lowest BCUT2D eigenvalue weighted by Crippen LogP contribution is -2.54. The van der Waals surface area contributed by atoms with E-state index in [0.29, 0.717) is 0 Å². The summed E-state index contributed by atoms with van der Waals surface area (Å²) in [5.74, 6) is -3.77. The summed E-state index contributed by atoms with van der Waals surface area (Å²) in [5, 5.41) is 4.62. The number of imide groups is 2. The number of benzene rings is 1. The molecule has 1 aromatic carbocycles. The standard InChI is InChI=1S/C20H15FN4O6/c21-14-6-4-10(8-22-14)31-9-16(27)23-12-3-1-2-11-17(12)20(30)25(19(11)29)13-5-7-15(26)24-18(13)28/h1-4,6,8,13H,5,7,9H2,(H,23,27)(H,24,26,28). The minimum atomic E-state index is -1.11. The third-order valence-corrected chi connectivity index (χ3v) is 4.81. The number of pyridine rings is 1. The number of anilines is 1. The largest absolute Gasteiger partial charge is 0.482 e. The normalized spacial score (nSPS) is 18.0. The molecule has 1 aromatic heterocycles. The number of nitrogens with zero attached hydrogens (tertiary/aromatic N) is 2. The minimum Gasteiger partial charge on any atom is -0.482 e. The molecule has 0 aliphatic carbocycles. The van der Waals surface area contributed by atoms with Crippen molar-refractivity contribution in [1.29, 1.82) is 0 Å². The molecule has 1 atom stereocenters. The van der Waals surface area contributed by atoms with Crippen molar-refractivity contribution >= 4 is 35.2 Å². The number of aromatic nitrogens is 1. The second-order valence-electron chi connectivity index (χ2n) is 6.83. The van der Waals surface area contributed by atoms with Crippen LogP contribution in [0.1, 0.15) is 33.6 Å². The Kier molecular flexibility index (Phi) is 5.15. The number of amides is 5. The van der Waals surface area contributed by atoms with Crippen LogP contribution in [0, 0.1) is 5.95 Å². The molecule has 2 aliphatic heterocycles. The van der Waals surface area contributed by atoms with Gasteiger partial charge in [-0.2, -0.15) is 4.39 Å². The molecule has 1 fully saturated rings. The van der Waals surface area contributed by atoms with Crippen molar-refractivity contribution in [3.05, 3.63) is 53.6 Å². The third-order valence-electron chi connectivity index (χ3n) is 4.81. The Morgan fingerprint density at radius 1 is 1.19 bits per heavy atom. The number of hydrogen-bond donors (Lipinski definition) is 2. The van der Waals surface area contributed by atoms with Gasteiger partial charge in [-0.1, -0.05) is 6.07 Å². The van der Waals surface area contributed by atoms with Gasteiger partial charge in [0.25, 0.3) is 17.7 Å². The fourth-order valence-electron chi connectivity index (χ4n) is 3.40. The first kappa shape index (κ1) is 20.1. The van der Waals surface area contributed by atoms with Crippen molar-refractivity contribution in [2.45, 2.75) is 18.9 Å². The van der Waals surface area contributed by atoms with E-state index in [-0.39, 0.29) is 35.4 Å². The van der Waals surface area contributed by atoms with Gasteiger partial charge < -0.3 is 10.1 Å². The molecule has 2 aromatic rings. The summed E-state index contributed by atoms with van der Waals surface area (Å²) in [4.78, 5) is 65.7. The van der Waals surface area contributed by atoms with Crippen LogP contribution < -0.4 is 15.4 Å². The van der Waals surface area contributed by atoms with Crippen molar-refractivity contribution in [2.75, 3.05) is 11.9 Å². The molecule has 3 heterocycles. The zero-order chi connectivity index (χ0) is 22.1. The number of halogens is 1. The Morgan fingerprint density at radius 3 is 2.71 bits per heavy atom. The lowest BCUT2D eigenvalue weighted by Gasteiger charge is -2.27. The van der Waals surface area contributed by atoms with Gasteiger partial charge in [-0.15, -0.1) is 0 Å². The summed E-state index contributed by atoms with van der Waals surface area (Å²) in [6.07, 6.45) is 1.14. The first-order valence-corrected chi connectivity index (χ1v) is 9.24. The van der Waals surface area contributed by atoms with Gasteiger partial charge in [0, 0.05) is 6.42 Å². The Labute approximate surface area is 174 Å². The average Bonchev–Trinajstić information content (AvgIpc) is 2.99. The van der Waals surface area contributed by atoms with E-state index in [9.17, 15) is 28.4 Å². The highest BCUT2D eigenvalue weighted by Gasteiger charge is 2.45. The van der Waals surface area contributed by atoms with Crippen molar-refractivity contribution in [3.8, 4) is 5.75 Å². The van der Waals surface area contributed by atoms with Gasteiger partial charge in [-0.3, -0.25) is 34.2 Å². The SMILES string of the molecule is O=C1CCC(N2C(=O)c3cccc(NC(=O)COc4ccc(F)nc4)c3C2=O)C(=O)N1. The number of piperidine rings is 1. The molecule has 2 aliphatic rings. The number of ether oxygens (including phenoxy) is 1. The second kappa shape index (κ2) is 7.94. The van der Waals surface area contributed by atoms with E-state index in [2.05, 4.69) is 15.6 Å². The van der Waals surface area contributed by atoms with Crippen molar-refractivity contribution in [2.24, 2.45) is 0 Å². The van der Waals surface area contributed by atoms with Gasteiger partial charge in [-0.25, -0.2) is 4.98 Å². The van der Waals surface area contributed by atoms with E-state index >= 15 is 0 Å². The van der Waals surface area contributed by atoms with Gasteiger partial charge in [0.1, 0.15) is 11.8 Å². The first-order valence-electron chi connectivity index (χ1n) is 9.24. The lowest BCUT2D eigenvalue weighted by molar-refractivity contribution is -0.136. The molecule has 1 saturated heterocycles. The van der Waals surface area contributed by atoms with E-state index < -0.39 is 48.1 Å². The fourth-order valence-corrected chi connectivity index (χ4v) is 3.40. The van der Waals surface area contributed by atoms with Gasteiger partial charge in [-0.05, 0) is 30.7 Å². The fraction of sp³-hybridized carbons (Fsp3) is 0.200. The lowest BCUT2D eigenvalue weighted by atomic mass is 10.0. The van der Waals surface area contributed by atoms with Crippen molar-refractivity contribution < 1.29 is 33.1 Å². The highest BCUT2D eigenvalue weighted by atomic mass is 19.1. The van der Waals surface area contributed by atoms with Crippen LogP contribution in [-0.4, -0.2) is 52.1 Å².